The number of aromatic amines is 1. The fourth-order valence-corrected chi connectivity index (χ4v) is 2.00. The van der Waals surface area contributed by atoms with Gasteiger partial charge < -0.3 is 10.1 Å². The molecule has 0 spiro atoms. The first-order valence-corrected chi connectivity index (χ1v) is 5.51. The highest BCUT2D eigenvalue weighted by atomic mass is 19.1. The Hall–Kier alpha value is -1.35. The predicted octanol–water partition coefficient (Wildman–Crippen LogP) is 2.85. The summed E-state index contributed by atoms with van der Waals surface area (Å²) in [6.07, 6.45) is 1.39. The molecule has 2 nitrogen and oxygen atoms in total. The number of nitrogens with one attached hydrogen (secondary N) is 1. The van der Waals surface area contributed by atoms with E-state index in [1.807, 2.05) is 19.9 Å². The number of aryl methyl sites for hydroxylation is 3. The smallest absolute Gasteiger partial charge is 0.147 e. The van der Waals surface area contributed by atoms with Gasteiger partial charge in [0.05, 0.1) is 5.52 Å². The number of aliphatic hydroxyl groups excluding tert-OH is 1. The Morgan fingerprint density at radius 3 is 2.75 bits per heavy atom. The number of fused-ring (bicyclic) bond motifs is 1. The molecule has 1 aromatic heterocycles. The van der Waals surface area contributed by atoms with Crippen molar-refractivity contribution < 1.29 is 9.50 Å². The third-order valence-corrected chi connectivity index (χ3v) is 3.05. The average molecular weight is 221 g/mol. The highest BCUT2D eigenvalue weighted by Crippen LogP contribution is 2.25. The molecule has 0 fully saturated rings. The van der Waals surface area contributed by atoms with Gasteiger partial charge in [0.15, 0.2) is 0 Å². The highest BCUT2D eigenvalue weighted by molar-refractivity contribution is 5.85. The van der Waals surface area contributed by atoms with Gasteiger partial charge in [-0.25, -0.2) is 4.39 Å². The van der Waals surface area contributed by atoms with E-state index in [9.17, 15) is 4.39 Å². The van der Waals surface area contributed by atoms with Gasteiger partial charge in [-0.05, 0) is 49.9 Å². The number of rotatable bonds is 3. The van der Waals surface area contributed by atoms with Gasteiger partial charge in [0.2, 0.25) is 0 Å². The van der Waals surface area contributed by atoms with E-state index in [1.165, 1.54) is 0 Å². The lowest BCUT2D eigenvalue weighted by atomic mass is 10.1. The third kappa shape index (κ3) is 1.83. The minimum Gasteiger partial charge on any atom is -0.396 e. The molecule has 0 bridgehead atoms. The number of hydrogen-bond acceptors (Lipinski definition) is 1. The van der Waals surface area contributed by atoms with Crippen LogP contribution in [0, 0.1) is 19.7 Å². The normalized spacial score (nSPS) is 11.2. The van der Waals surface area contributed by atoms with Crippen LogP contribution in [0.4, 0.5) is 4.39 Å². The van der Waals surface area contributed by atoms with Crippen LogP contribution in [-0.4, -0.2) is 16.7 Å². The Bertz CT molecular complexity index is 516. The second-order valence-electron chi connectivity index (χ2n) is 4.20. The van der Waals surface area contributed by atoms with Gasteiger partial charge in [0.1, 0.15) is 5.82 Å². The number of benzene rings is 1. The lowest BCUT2D eigenvalue weighted by molar-refractivity contribution is 0.288. The van der Waals surface area contributed by atoms with Crippen molar-refractivity contribution in [3.63, 3.8) is 0 Å². The minimum atomic E-state index is -0.207. The van der Waals surface area contributed by atoms with Crippen molar-refractivity contribution in [2.45, 2.75) is 26.7 Å². The summed E-state index contributed by atoms with van der Waals surface area (Å²) in [5.74, 6) is -0.207. The molecule has 3 heteroatoms. The second kappa shape index (κ2) is 4.26. The van der Waals surface area contributed by atoms with Crippen molar-refractivity contribution in [1.29, 1.82) is 0 Å². The topological polar surface area (TPSA) is 36.0 Å². The van der Waals surface area contributed by atoms with Crippen molar-refractivity contribution in [2.24, 2.45) is 0 Å². The summed E-state index contributed by atoms with van der Waals surface area (Å²) < 4.78 is 13.8. The van der Waals surface area contributed by atoms with Crippen LogP contribution in [0.1, 0.15) is 23.2 Å². The maximum atomic E-state index is 13.8. The minimum absolute atomic E-state index is 0.144. The summed E-state index contributed by atoms with van der Waals surface area (Å²) in [5, 5.41) is 9.72. The quantitative estimate of drug-likeness (QED) is 0.821. The zero-order valence-corrected chi connectivity index (χ0v) is 9.60. The highest BCUT2D eigenvalue weighted by Gasteiger charge is 2.10. The van der Waals surface area contributed by atoms with Crippen LogP contribution in [0.3, 0.4) is 0 Å². The van der Waals surface area contributed by atoms with Gasteiger partial charge in [-0.1, -0.05) is 0 Å². The van der Waals surface area contributed by atoms with E-state index in [0.717, 1.165) is 22.2 Å². The molecule has 0 aliphatic heterocycles. The Morgan fingerprint density at radius 1 is 1.31 bits per heavy atom. The zero-order valence-electron chi connectivity index (χ0n) is 9.60. The van der Waals surface area contributed by atoms with Gasteiger partial charge in [-0.3, -0.25) is 0 Å². The number of hydrogen-bond donors (Lipinski definition) is 2. The molecule has 0 amide bonds. The number of halogens is 1. The van der Waals surface area contributed by atoms with Crippen molar-refractivity contribution in [1.82, 2.24) is 4.98 Å². The van der Waals surface area contributed by atoms with Gasteiger partial charge >= 0.3 is 0 Å². The second-order valence-corrected chi connectivity index (χ2v) is 4.20. The zero-order chi connectivity index (χ0) is 11.7. The Morgan fingerprint density at radius 2 is 2.06 bits per heavy atom. The lowest BCUT2D eigenvalue weighted by Gasteiger charge is -2.02. The molecule has 0 aliphatic rings. The van der Waals surface area contributed by atoms with E-state index in [2.05, 4.69) is 4.98 Å². The van der Waals surface area contributed by atoms with Crippen LogP contribution in [0.15, 0.2) is 12.1 Å². The van der Waals surface area contributed by atoms with Crippen LogP contribution >= 0.6 is 0 Å². The van der Waals surface area contributed by atoms with Gasteiger partial charge in [0, 0.05) is 17.7 Å². The predicted molar refractivity (Wildman–Crippen MR) is 63.1 cm³/mol. The summed E-state index contributed by atoms with van der Waals surface area (Å²) in [5.41, 5.74) is 3.64. The maximum absolute atomic E-state index is 13.8. The van der Waals surface area contributed by atoms with Crippen molar-refractivity contribution >= 4 is 10.9 Å². The van der Waals surface area contributed by atoms with E-state index in [-0.39, 0.29) is 12.4 Å². The lowest BCUT2D eigenvalue weighted by Crippen LogP contribution is -1.91. The van der Waals surface area contributed by atoms with E-state index in [1.54, 1.807) is 6.07 Å². The summed E-state index contributed by atoms with van der Waals surface area (Å²) >= 11 is 0. The first-order chi connectivity index (χ1) is 7.63. The maximum Gasteiger partial charge on any atom is 0.147 e. The molecule has 0 saturated heterocycles. The molecular formula is C13H16FNO. The van der Waals surface area contributed by atoms with Crippen LogP contribution in [0.25, 0.3) is 10.9 Å². The van der Waals surface area contributed by atoms with E-state index < -0.39 is 0 Å². The summed E-state index contributed by atoms with van der Waals surface area (Å²) in [7, 11) is 0. The average Bonchev–Trinajstić information content (AvgIpc) is 2.54. The standard InChI is InChI=1S/C13H16FNO/c1-8-9(2)15-13-11(8)6-10(4-3-5-16)7-12(13)14/h6-7,15-16H,3-5H2,1-2H3. The number of aromatic nitrogens is 1. The first kappa shape index (κ1) is 11.1. The van der Waals surface area contributed by atoms with Gasteiger partial charge in [-0.15, -0.1) is 0 Å². The summed E-state index contributed by atoms with van der Waals surface area (Å²) in [6.45, 7) is 4.08. The molecule has 1 heterocycles. The van der Waals surface area contributed by atoms with Crippen molar-refractivity contribution in [3.05, 3.63) is 34.8 Å². The van der Waals surface area contributed by atoms with Gasteiger partial charge in [0.25, 0.3) is 0 Å². The number of H-pyrrole nitrogens is 1. The molecule has 2 N–H and O–H groups in total. The van der Waals surface area contributed by atoms with Crippen molar-refractivity contribution in [2.75, 3.05) is 6.61 Å². The molecule has 0 atom stereocenters. The Kier molecular flexibility index (Phi) is 2.97. The molecular weight excluding hydrogens is 205 g/mol. The van der Waals surface area contributed by atoms with E-state index >= 15 is 0 Å². The van der Waals surface area contributed by atoms with Crippen LogP contribution in [0.5, 0.6) is 0 Å². The molecule has 0 aliphatic carbocycles. The molecule has 2 rings (SSSR count). The fraction of sp³-hybridized carbons (Fsp3) is 0.385. The monoisotopic (exact) mass is 221 g/mol. The number of aliphatic hydroxyl groups is 1. The van der Waals surface area contributed by atoms with Crippen molar-refractivity contribution in [3.8, 4) is 0 Å². The molecule has 0 saturated carbocycles. The Balaban J connectivity index is 2.52. The largest absolute Gasteiger partial charge is 0.396 e. The van der Waals surface area contributed by atoms with E-state index in [0.29, 0.717) is 18.4 Å². The SMILES string of the molecule is Cc1[nH]c2c(F)cc(CCCO)cc2c1C. The molecule has 16 heavy (non-hydrogen) atoms. The third-order valence-electron chi connectivity index (χ3n) is 3.05. The summed E-state index contributed by atoms with van der Waals surface area (Å²) in [4.78, 5) is 3.05. The summed E-state index contributed by atoms with van der Waals surface area (Å²) in [6, 6.07) is 3.56. The molecule has 86 valence electrons. The van der Waals surface area contributed by atoms with Crippen LogP contribution < -0.4 is 0 Å². The fourth-order valence-electron chi connectivity index (χ4n) is 2.00. The Labute approximate surface area is 94.1 Å². The molecule has 0 radical (unpaired) electrons. The first-order valence-electron chi connectivity index (χ1n) is 5.51. The molecule has 0 unspecified atom stereocenters. The van der Waals surface area contributed by atoms with Gasteiger partial charge in [-0.2, -0.15) is 0 Å². The van der Waals surface area contributed by atoms with Crippen LogP contribution in [0.2, 0.25) is 0 Å². The van der Waals surface area contributed by atoms with E-state index in [4.69, 9.17) is 5.11 Å². The molecule has 1 aromatic carbocycles. The van der Waals surface area contributed by atoms with Crippen LogP contribution in [-0.2, 0) is 6.42 Å². The molecule has 2 aromatic rings.